The Morgan fingerprint density at radius 1 is 1.27 bits per heavy atom. The summed E-state index contributed by atoms with van der Waals surface area (Å²) in [6.45, 7) is 3.57. The Bertz CT molecular complexity index is 1080. The summed E-state index contributed by atoms with van der Waals surface area (Å²) < 4.78 is 14.9. The van der Waals surface area contributed by atoms with E-state index in [1.165, 1.54) is 6.07 Å². The van der Waals surface area contributed by atoms with Crippen molar-refractivity contribution in [3.05, 3.63) is 75.3 Å². The number of nitrogen functional groups attached to an aromatic ring is 1. The van der Waals surface area contributed by atoms with Gasteiger partial charge in [-0.1, -0.05) is 19.1 Å². The van der Waals surface area contributed by atoms with Gasteiger partial charge >= 0.3 is 0 Å². The zero-order valence-corrected chi connectivity index (χ0v) is 14.8. The topological polar surface area (TPSA) is 82.7 Å². The van der Waals surface area contributed by atoms with Gasteiger partial charge < -0.3 is 10.7 Å². The average molecular weight is 349 g/mol. The first-order valence-corrected chi connectivity index (χ1v) is 8.48. The normalized spacial score (nSPS) is 13.3. The summed E-state index contributed by atoms with van der Waals surface area (Å²) in [5.41, 5.74) is 7.37. The van der Waals surface area contributed by atoms with Crippen LogP contribution in [0.4, 0.5) is 10.1 Å². The molecule has 0 bridgehead atoms. The van der Waals surface area contributed by atoms with Gasteiger partial charge in [-0.3, -0.25) is 4.79 Å². The smallest absolute Gasteiger partial charge is 0.251 e. The number of anilines is 1. The summed E-state index contributed by atoms with van der Waals surface area (Å²) in [5, 5.41) is 10.4. The van der Waals surface area contributed by atoms with Crippen molar-refractivity contribution in [3.8, 4) is 6.07 Å². The minimum absolute atomic E-state index is 0.188. The van der Waals surface area contributed by atoms with Crippen LogP contribution in [0, 0.1) is 17.1 Å². The number of H-pyrrole nitrogens is 1. The van der Waals surface area contributed by atoms with E-state index >= 15 is 0 Å². The van der Waals surface area contributed by atoms with E-state index in [0.29, 0.717) is 35.0 Å². The van der Waals surface area contributed by atoms with Crippen molar-refractivity contribution in [3.63, 3.8) is 0 Å². The lowest BCUT2D eigenvalue weighted by Crippen LogP contribution is -2.25. The predicted octanol–water partition coefficient (Wildman–Crippen LogP) is 3.84. The van der Waals surface area contributed by atoms with Crippen LogP contribution in [0.25, 0.3) is 10.9 Å². The molecule has 0 saturated heterocycles. The number of nitriles is 1. The van der Waals surface area contributed by atoms with E-state index in [9.17, 15) is 14.4 Å². The van der Waals surface area contributed by atoms with E-state index in [1.807, 2.05) is 19.1 Å². The number of halogens is 1. The average Bonchev–Trinajstić information content (AvgIpc) is 2.61. The van der Waals surface area contributed by atoms with E-state index in [-0.39, 0.29) is 11.1 Å². The lowest BCUT2D eigenvalue weighted by atomic mass is 9.78. The molecule has 0 aliphatic carbocycles. The third-order valence-electron chi connectivity index (χ3n) is 4.74. The molecule has 1 heterocycles. The Hall–Kier alpha value is -3.13. The fourth-order valence-corrected chi connectivity index (χ4v) is 3.26. The molecule has 1 aromatic heterocycles. The number of hydrogen-bond donors (Lipinski definition) is 2. The van der Waals surface area contributed by atoms with Gasteiger partial charge in [-0.25, -0.2) is 4.39 Å². The molecular weight excluding hydrogens is 329 g/mol. The first-order chi connectivity index (χ1) is 12.4. The van der Waals surface area contributed by atoms with Crippen LogP contribution in [0.15, 0.2) is 47.3 Å². The minimum Gasteiger partial charge on any atom is -0.399 e. The summed E-state index contributed by atoms with van der Waals surface area (Å²) in [5.74, 6) is -0.459. The van der Waals surface area contributed by atoms with Crippen LogP contribution >= 0.6 is 0 Å². The molecule has 0 fully saturated rings. The SMILES string of the molecule is CCc1cc2cc(F)c(C(C)(C#N)Cc3cccc(N)c3)cc2[nH]c1=O. The molecule has 3 rings (SSSR count). The van der Waals surface area contributed by atoms with Gasteiger partial charge in [0, 0.05) is 27.7 Å². The molecular formula is C21H20FN3O. The van der Waals surface area contributed by atoms with Gasteiger partial charge in [0.15, 0.2) is 0 Å². The minimum atomic E-state index is -1.09. The van der Waals surface area contributed by atoms with Gasteiger partial charge in [0.25, 0.3) is 5.56 Å². The number of benzene rings is 2. The largest absolute Gasteiger partial charge is 0.399 e. The molecule has 0 spiro atoms. The third kappa shape index (κ3) is 3.18. The van der Waals surface area contributed by atoms with Crippen LogP contribution in [0.1, 0.15) is 30.5 Å². The number of aryl methyl sites for hydroxylation is 1. The molecule has 3 aromatic rings. The third-order valence-corrected chi connectivity index (χ3v) is 4.74. The van der Waals surface area contributed by atoms with Crippen molar-refractivity contribution in [1.82, 2.24) is 4.98 Å². The van der Waals surface area contributed by atoms with Gasteiger partial charge in [0.2, 0.25) is 0 Å². The highest BCUT2D eigenvalue weighted by atomic mass is 19.1. The Balaban J connectivity index is 2.13. The van der Waals surface area contributed by atoms with Gasteiger partial charge in [-0.05, 0) is 55.7 Å². The molecule has 26 heavy (non-hydrogen) atoms. The number of pyridine rings is 1. The van der Waals surface area contributed by atoms with Gasteiger partial charge in [-0.15, -0.1) is 0 Å². The summed E-state index contributed by atoms with van der Waals surface area (Å²) in [6, 6.07) is 14.1. The summed E-state index contributed by atoms with van der Waals surface area (Å²) in [6.07, 6.45) is 0.883. The number of aromatic nitrogens is 1. The van der Waals surface area contributed by atoms with E-state index in [1.54, 1.807) is 31.2 Å². The van der Waals surface area contributed by atoms with Crippen molar-refractivity contribution in [2.75, 3.05) is 5.73 Å². The van der Waals surface area contributed by atoms with Crippen LogP contribution in [-0.2, 0) is 18.3 Å². The lowest BCUT2D eigenvalue weighted by Gasteiger charge is -2.23. The fraction of sp³-hybridized carbons (Fsp3) is 0.238. The number of rotatable bonds is 4. The molecule has 3 N–H and O–H groups in total. The van der Waals surface area contributed by atoms with Crippen molar-refractivity contribution >= 4 is 16.6 Å². The number of fused-ring (bicyclic) bond motifs is 1. The molecule has 2 aromatic carbocycles. The first-order valence-electron chi connectivity index (χ1n) is 8.48. The van der Waals surface area contributed by atoms with E-state index in [4.69, 9.17) is 5.73 Å². The summed E-state index contributed by atoms with van der Waals surface area (Å²) in [4.78, 5) is 14.9. The van der Waals surface area contributed by atoms with E-state index in [2.05, 4.69) is 11.1 Å². The molecule has 1 unspecified atom stereocenters. The van der Waals surface area contributed by atoms with Crippen molar-refractivity contribution in [1.29, 1.82) is 5.26 Å². The molecule has 1 atom stereocenters. The standard InChI is InChI=1S/C21H20FN3O/c1-3-14-8-15-9-18(22)17(10-19(15)25-20(14)26)21(2,12-23)11-13-5-4-6-16(24)7-13/h4-10H,3,11,24H2,1-2H3,(H,25,26). The molecule has 4 nitrogen and oxygen atoms in total. The highest BCUT2D eigenvalue weighted by Crippen LogP contribution is 2.32. The van der Waals surface area contributed by atoms with Crippen molar-refractivity contribution < 1.29 is 4.39 Å². The number of nitrogens with one attached hydrogen (secondary N) is 1. The zero-order chi connectivity index (χ0) is 18.9. The van der Waals surface area contributed by atoms with Crippen LogP contribution in [0.2, 0.25) is 0 Å². The monoisotopic (exact) mass is 349 g/mol. The molecule has 0 aliphatic rings. The summed E-state index contributed by atoms with van der Waals surface area (Å²) >= 11 is 0. The quantitative estimate of drug-likeness (QED) is 0.702. The van der Waals surface area contributed by atoms with Crippen LogP contribution < -0.4 is 11.3 Å². The first kappa shape index (κ1) is 17.7. The van der Waals surface area contributed by atoms with Crippen LogP contribution in [-0.4, -0.2) is 4.98 Å². The van der Waals surface area contributed by atoms with Crippen LogP contribution in [0.3, 0.4) is 0 Å². The molecule has 0 radical (unpaired) electrons. The van der Waals surface area contributed by atoms with Crippen molar-refractivity contribution in [2.24, 2.45) is 0 Å². The second-order valence-corrected chi connectivity index (χ2v) is 6.76. The Morgan fingerprint density at radius 2 is 2.04 bits per heavy atom. The highest BCUT2D eigenvalue weighted by Gasteiger charge is 2.30. The highest BCUT2D eigenvalue weighted by molar-refractivity contribution is 5.80. The number of hydrogen-bond acceptors (Lipinski definition) is 3. The van der Waals surface area contributed by atoms with E-state index in [0.717, 1.165) is 5.56 Å². The maximum absolute atomic E-state index is 14.9. The Kier molecular flexibility index (Phi) is 4.52. The zero-order valence-electron chi connectivity index (χ0n) is 14.8. The van der Waals surface area contributed by atoms with Crippen LogP contribution in [0.5, 0.6) is 0 Å². The molecule has 0 saturated carbocycles. The maximum atomic E-state index is 14.9. The number of aromatic amines is 1. The number of nitrogens with zero attached hydrogens (tertiary/aromatic N) is 1. The maximum Gasteiger partial charge on any atom is 0.251 e. The Morgan fingerprint density at radius 3 is 2.69 bits per heavy atom. The molecule has 132 valence electrons. The second-order valence-electron chi connectivity index (χ2n) is 6.76. The lowest BCUT2D eigenvalue weighted by molar-refractivity contribution is 0.536. The molecule has 5 heteroatoms. The number of nitrogens with two attached hydrogens (primary N) is 1. The summed E-state index contributed by atoms with van der Waals surface area (Å²) in [7, 11) is 0. The second kappa shape index (κ2) is 6.64. The van der Waals surface area contributed by atoms with Crippen molar-refractivity contribution in [2.45, 2.75) is 32.1 Å². The van der Waals surface area contributed by atoms with Gasteiger partial charge in [0.05, 0.1) is 11.5 Å². The van der Waals surface area contributed by atoms with E-state index < -0.39 is 11.2 Å². The molecule has 0 amide bonds. The fourth-order valence-electron chi connectivity index (χ4n) is 3.26. The Labute approximate surface area is 151 Å². The van der Waals surface area contributed by atoms with Gasteiger partial charge in [-0.2, -0.15) is 5.26 Å². The predicted molar refractivity (Wildman–Crippen MR) is 101 cm³/mol. The van der Waals surface area contributed by atoms with Gasteiger partial charge in [0.1, 0.15) is 5.82 Å². The molecule has 0 aliphatic heterocycles.